The standard InChI is InChI=1S/C21H25ClN2O3S2/c1-15-5-4-6-17(13-15)24-29(26,27)20-14-16(9-10-19(20)22)21(25)23-11-12-28-18-7-2-3-8-18/h4-6,9-10,13-14,18,24H,2-3,7-8,11-12H2,1H3,(H,23,25). The molecule has 0 aromatic heterocycles. The highest BCUT2D eigenvalue weighted by atomic mass is 35.5. The molecule has 5 nitrogen and oxygen atoms in total. The molecule has 1 saturated carbocycles. The van der Waals surface area contributed by atoms with E-state index in [-0.39, 0.29) is 21.4 Å². The summed E-state index contributed by atoms with van der Waals surface area (Å²) in [5.41, 5.74) is 1.64. The van der Waals surface area contributed by atoms with Crippen LogP contribution in [0.3, 0.4) is 0 Å². The number of hydrogen-bond donors (Lipinski definition) is 2. The van der Waals surface area contributed by atoms with Crippen molar-refractivity contribution in [3.8, 4) is 0 Å². The van der Waals surface area contributed by atoms with Crippen molar-refractivity contribution in [1.29, 1.82) is 0 Å². The average molecular weight is 453 g/mol. The average Bonchev–Trinajstić information content (AvgIpc) is 3.18. The Labute approximate surface area is 181 Å². The van der Waals surface area contributed by atoms with Gasteiger partial charge in [-0.2, -0.15) is 11.8 Å². The number of sulfonamides is 1. The molecule has 156 valence electrons. The zero-order valence-corrected chi connectivity index (χ0v) is 18.7. The Kier molecular flexibility index (Phi) is 7.49. The van der Waals surface area contributed by atoms with E-state index >= 15 is 0 Å². The number of hydrogen-bond acceptors (Lipinski definition) is 4. The van der Waals surface area contributed by atoms with E-state index in [0.717, 1.165) is 11.3 Å². The van der Waals surface area contributed by atoms with Crippen molar-refractivity contribution < 1.29 is 13.2 Å². The minimum absolute atomic E-state index is 0.0680. The van der Waals surface area contributed by atoms with Crippen molar-refractivity contribution in [2.75, 3.05) is 17.0 Å². The summed E-state index contributed by atoms with van der Waals surface area (Å²) in [5, 5.41) is 3.63. The van der Waals surface area contributed by atoms with Crippen LogP contribution in [0.1, 0.15) is 41.6 Å². The molecule has 8 heteroatoms. The van der Waals surface area contributed by atoms with Crippen molar-refractivity contribution in [1.82, 2.24) is 5.32 Å². The Morgan fingerprint density at radius 2 is 1.93 bits per heavy atom. The summed E-state index contributed by atoms with van der Waals surface area (Å²) in [6.45, 7) is 2.42. The first-order chi connectivity index (χ1) is 13.8. The number of aryl methyl sites for hydroxylation is 1. The van der Waals surface area contributed by atoms with E-state index in [4.69, 9.17) is 11.6 Å². The van der Waals surface area contributed by atoms with Crippen LogP contribution in [0.25, 0.3) is 0 Å². The number of nitrogens with one attached hydrogen (secondary N) is 2. The van der Waals surface area contributed by atoms with Crippen LogP contribution in [0.4, 0.5) is 5.69 Å². The number of rotatable bonds is 8. The van der Waals surface area contributed by atoms with Gasteiger partial charge in [0.15, 0.2) is 0 Å². The van der Waals surface area contributed by atoms with Crippen LogP contribution in [-0.2, 0) is 10.0 Å². The van der Waals surface area contributed by atoms with Gasteiger partial charge < -0.3 is 5.32 Å². The molecule has 1 aliphatic rings. The number of halogens is 1. The molecule has 2 aromatic rings. The monoisotopic (exact) mass is 452 g/mol. The summed E-state index contributed by atoms with van der Waals surface area (Å²) in [5.74, 6) is 0.546. The van der Waals surface area contributed by atoms with Crippen LogP contribution in [0, 0.1) is 6.92 Å². The second-order valence-corrected chi connectivity index (χ2v) is 10.6. The number of benzene rings is 2. The van der Waals surface area contributed by atoms with Gasteiger partial charge in [0, 0.05) is 28.8 Å². The fraction of sp³-hybridized carbons (Fsp3) is 0.381. The maximum atomic E-state index is 12.8. The molecule has 2 N–H and O–H groups in total. The second-order valence-electron chi connectivity index (χ2n) is 7.15. The first-order valence-electron chi connectivity index (χ1n) is 9.64. The summed E-state index contributed by atoms with van der Waals surface area (Å²) in [6.07, 6.45) is 5.10. The quantitative estimate of drug-likeness (QED) is 0.561. The molecule has 29 heavy (non-hydrogen) atoms. The minimum Gasteiger partial charge on any atom is -0.351 e. The van der Waals surface area contributed by atoms with Gasteiger partial charge in [-0.05, 0) is 55.7 Å². The number of thioether (sulfide) groups is 1. The molecule has 1 amide bonds. The Morgan fingerprint density at radius 1 is 1.17 bits per heavy atom. The lowest BCUT2D eigenvalue weighted by Gasteiger charge is -2.12. The summed E-state index contributed by atoms with van der Waals surface area (Å²) in [7, 11) is -3.92. The van der Waals surface area contributed by atoms with E-state index in [1.54, 1.807) is 18.2 Å². The second kappa shape index (κ2) is 9.87. The predicted molar refractivity (Wildman–Crippen MR) is 120 cm³/mol. The van der Waals surface area contributed by atoms with E-state index in [0.29, 0.717) is 17.5 Å². The number of anilines is 1. The lowest BCUT2D eigenvalue weighted by Crippen LogP contribution is -2.26. The van der Waals surface area contributed by atoms with E-state index < -0.39 is 10.0 Å². The Balaban J connectivity index is 1.65. The SMILES string of the molecule is Cc1cccc(NS(=O)(=O)c2cc(C(=O)NCCSC3CCCC3)ccc2Cl)c1. The fourth-order valence-corrected chi connectivity index (χ4v) is 6.11. The third kappa shape index (κ3) is 6.14. The summed E-state index contributed by atoms with van der Waals surface area (Å²) >= 11 is 8.02. The maximum Gasteiger partial charge on any atom is 0.263 e. The minimum atomic E-state index is -3.92. The number of amides is 1. The van der Waals surface area contributed by atoms with Crippen LogP contribution < -0.4 is 10.0 Å². The molecule has 1 aliphatic carbocycles. The van der Waals surface area contributed by atoms with E-state index in [9.17, 15) is 13.2 Å². The highest BCUT2D eigenvalue weighted by molar-refractivity contribution is 7.99. The lowest BCUT2D eigenvalue weighted by molar-refractivity contribution is 0.0956. The number of carbonyl (C=O) groups excluding carboxylic acids is 1. The fourth-order valence-electron chi connectivity index (χ4n) is 3.32. The van der Waals surface area contributed by atoms with Crippen molar-refractivity contribution in [3.05, 3.63) is 58.6 Å². The first-order valence-corrected chi connectivity index (χ1v) is 12.5. The molecule has 0 atom stereocenters. The van der Waals surface area contributed by atoms with Gasteiger partial charge in [-0.25, -0.2) is 8.42 Å². The maximum absolute atomic E-state index is 12.8. The Morgan fingerprint density at radius 3 is 2.66 bits per heavy atom. The largest absolute Gasteiger partial charge is 0.351 e. The lowest BCUT2D eigenvalue weighted by atomic mass is 10.2. The van der Waals surface area contributed by atoms with E-state index in [1.165, 1.54) is 43.9 Å². The molecule has 0 aliphatic heterocycles. The zero-order valence-electron chi connectivity index (χ0n) is 16.3. The molecule has 1 fully saturated rings. The summed E-state index contributed by atoms with van der Waals surface area (Å²) in [6, 6.07) is 11.3. The third-order valence-corrected chi connectivity index (χ3v) is 8.04. The van der Waals surface area contributed by atoms with Gasteiger partial charge in [0.05, 0.1) is 5.02 Å². The molecule has 0 heterocycles. The van der Waals surface area contributed by atoms with Gasteiger partial charge in [0.1, 0.15) is 4.90 Å². The van der Waals surface area contributed by atoms with Crippen LogP contribution in [0.5, 0.6) is 0 Å². The summed E-state index contributed by atoms with van der Waals surface area (Å²) < 4.78 is 28.1. The zero-order chi connectivity index (χ0) is 20.9. The third-order valence-electron chi connectivity index (χ3n) is 4.80. The predicted octanol–water partition coefficient (Wildman–Crippen LogP) is 4.85. The molecule has 0 unspecified atom stereocenters. The summed E-state index contributed by atoms with van der Waals surface area (Å²) in [4.78, 5) is 12.3. The molecule has 3 rings (SSSR count). The van der Waals surface area contributed by atoms with Gasteiger partial charge >= 0.3 is 0 Å². The first kappa shape index (κ1) is 22.0. The normalized spacial score (nSPS) is 14.7. The van der Waals surface area contributed by atoms with Gasteiger partial charge in [-0.15, -0.1) is 0 Å². The van der Waals surface area contributed by atoms with Gasteiger partial charge in [0.25, 0.3) is 15.9 Å². The molecular weight excluding hydrogens is 428 g/mol. The van der Waals surface area contributed by atoms with Crippen molar-refractivity contribution in [2.24, 2.45) is 0 Å². The molecular formula is C21H25ClN2O3S2. The molecule has 0 radical (unpaired) electrons. The Bertz CT molecular complexity index is 974. The Hall–Kier alpha value is -1.70. The van der Waals surface area contributed by atoms with E-state index in [1.807, 2.05) is 24.8 Å². The van der Waals surface area contributed by atoms with Crippen LogP contribution >= 0.6 is 23.4 Å². The molecule has 2 aromatic carbocycles. The highest BCUT2D eigenvalue weighted by Crippen LogP contribution is 2.29. The van der Waals surface area contributed by atoms with Gasteiger partial charge in [-0.3, -0.25) is 9.52 Å². The van der Waals surface area contributed by atoms with Gasteiger partial charge in [0.2, 0.25) is 0 Å². The molecule has 0 spiro atoms. The number of carbonyl (C=O) groups is 1. The smallest absolute Gasteiger partial charge is 0.263 e. The van der Waals surface area contributed by atoms with Crippen LogP contribution in [0.2, 0.25) is 5.02 Å². The van der Waals surface area contributed by atoms with Crippen molar-refractivity contribution in [2.45, 2.75) is 42.8 Å². The molecule has 0 bridgehead atoms. The topological polar surface area (TPSA) is 75.3 Å². The van der Waals surface area contributed by atoms with E-state index in [2.05, 4.69) is 10.0 Å². The van der Waals surface area contributed by atoms with Crippen molar-refractivity contribution >= 4 is 45.0 Å². The highest BCUT2D eigenvalue weighted by Gasteiger charge is 2.21. The molecule has 0 saturated heterocycles. The van der Waals surface area contributed by atoms with Crippen molar-refractivity contribution in [3.63, 3.8) is 0 Å². The van der Waals surface area contributed by atoms with Gasteiger partial charge in [-0.1, -0.05) is 36.6 Å². The van der Waals surface area contributed by atoms with Crippen LogP contribution in [-0.4, -0.2) is 31.9 Å². The van der Waals surface area contributed by atoms with Crippen LogP contribution in [0.15, 0.2) is 47.4 Å².